The number of methoxy groups -OCH3 is 2. The summed E-state index contributed by atoms with van der Waals surface area (Å²) in [6.07, 6.45) is 2.20. The fourth-order valence-corrected chi connectivity index (χ4v) is 3.30. The molecule has 2 fully saturated rings. The van der Waals surface area contributed by atoms with Gasteiger partial charge in [0.05, 0.1) is 27.4 Å². The summed E-state index contributed by atoms with van der Waals surface area (Å²) in [4.78, 5) is 14.1. The van der Waals surface area contributed by atoms with Crippen LogP contribution in [0.15, 0.2) is 18.2 Å². The number of benzene rings is 1. The van der Waals surface area contributed by atoms with Crippen molar-refractivity contribution in [3.8, 4) is 11.5 Å². The quantitative estimate of drug-likeness (QED) is 0.877. The predicted octanol–water partition coefficient (Wildman–Crippen LogP) is 1.79. The van der Waals surface area contributed by atoms with Gasteiger partial charge in [-0.3, -0.25) is 0 Å². The van der Waals surface area contributed by atoms with E-state index in [1.54, 1.807) is 14.2 Å². The molecule has 0 radical (unpaired) electrons. The lowest BCUT2D eigenvalue weighted by Crippen LogP contribution is -2.50. The second kappa shape index (κ2) is 7.93. The van der Waals surface area contributed by atoms with Crippen LogP contribution in [0.5, 0.6) is 11.5 Å². The molecular formula is C18H26N2O5. The number of hydrogen-bond donors (Lipinski definition) is 1. The summed E-state index contributed by atoms with van der Waals surface area (Å²) in [5, 5.41) is 2.98. The van der Waals surface area contributed by atoms with Crippen LogP contribution in [-0.2, 0) is 15.9 Å². The molecular weight excluding hydrogens is 324 g/mol. The summed E-state index contributed by atoms with van der Waals surface area (Å²) in [6.45, 7) is 3.18. The normalized spacial score (nSPS) is 19.0. The smallest absolute Gasteiger partial charge is 0.317 e. The third-order valence-electron chi connectivity index (χ3n) is 4.76. The fourth-order valence-electron chi connectivity index (χ4n) is 3.30. The minimum atomic E-state index is -0.448. The van der Waals surface area contributed by atoms with E-state index in [2.05, 4.69) is 5.32 Å². The van der Waals surface area contributed by atoms with E-state index in [1.807, 2.05) is 23.1 Å². The van der Waals surface area contributed by atoms with Gasteiger partial charge >= 0.3 is 6.03 Å². The predicted molar refractivity (Wildman–Crippen MR) is 92.1 cm³/mol. The molecule has 0 saturated carbocycles. The van der Waals surface area contributed by atoms with Gasteiger partial charge in [-0.1, -0.05) is 6.07 Å². The molecule has 2 aliphatic rings. The lowest BCUT2D eigenvalue weighted by Gasteiger charge is -2.37. The third kappa shape index (κ3) is 4.16. The van der Waals surface area contributed by atoms with Gasteiger partial charge in [0, 0.05) is 32.5 Å². The number of urea groups is 1. The zero-order valence-corrected chi connectivity index (χ0v) is 14.9. The highest BCUT2D eigenvalue weighted by atomic mass is 16.7. The van der Waals surface area contributed by atoms with Crippen LogP contribution in [0.3, 0.4) is 0 Å². The van der Waals surface area contributed by atoms with Crippen molar-refractivity contribution in [1.29, 1.82) is 0 Å². The zero-order valence-electron chi connectivity index (χ0n) is 14.9. The Morgan fingerprint density at radius 3 is 2.48 bits per heavy atom. The lowest BCUT2D eigenvalue weighted by atomic mass is 10.0. The first-order valence-electron chi connectivity index (χ1n) is 8.67. The molecule has 3 rings (SSSR count). The van der Waals surface area contributed by atoms with Crippen molar-refractivity contribution >= 4 is 6.03 Å². The molecule has 25 heavy (non-hydrogen) atoms. The van der Waals surface area contributed by atoms with E-state index in [4.69, 9.17) is 18.9 Å². The van der Waals surface area contributed by atoms with E-state index >= 15 is 0 Å². The number of carbonyl (C=O) groups excluding carboxylic acids is 1. The Kier molecular flexibility index (Phi) is 5.65. The second-order valence-electron chi connectivity index (χ2n) is 6.27. The first kappa shape index (κ1) is 17.8. The molecule has 2 aliphatic heterocycles. The summed E-state index contributed by atoms with van der Waals surface area (Å²) in [5.41, 5.74) is 1.09. The molecule has 0 unspecified atom stereocenters. The van der Waals surface area contributed by atoms with E-state index < -0.39 is 5.79 Å². The van der Waals surface area contributed by atoms with Crippen molar-refractivity contribution in [2.24, 2.45) is 0 Å². The first-order chi connectivity index (χ1) is 12.2. The average Bonchev–Trinajstić information content (AvgIpc) is 3.10. The van der Waals surface area contributed by atoms with Gasteiger partial charge in [-0.2, -0.15) is 0 Å². The molecule has 2 amide bonds. The van der Waals surface area contributed by atoms with Crippen molar-refractivity contribution in [3.05, 3.63) is 23.8 Å². The van der Waals surface area contributed by atoms with Gasteiger partial charge in [0.25, 0.3) is 0 Å². The number of nitrogens with one attached hydrogen (secondary N) is 1. The molecule has 0 bridgehead atoms. The average molecular weight is 350 g/mol. The minimum Gasteiger partial charge on any atom is -0.493 e. The molecule has 7 nitrogen and oxygen atoms in total. The van der Waals surface area contributed by atoms with Gasteiger partial charge in [-0.15, -0.1) is 0 Å². The Morgan fingerprint density at radius 2 is 1.84 bits per heavy atom. The number of rotatable bonds is 5. The highest BCUT2D eigenvalue weighted by Gasteiger charge is 2.40. The topological polar surface area (TPSA) is 69.3 Å². The molecule has 1 aromatic carbocycles. The van der Waals surface area contributed by atoms with Crippen molar-refractivity contribution in [2.75, 3.05) is 47.1 Å². The van der Waals surface area contributed by atoms with E-state index in [0.717, 1.165) is 24.8 Å². The molecule has 1 N–H and O–H groups in total. The van der Waals surface area contributed by atoms with Crippen LogP contribution in [0, 0.1) is 0 Å². The van der Waals surface area contributed by atoms with Crippen LogP contribution in [0.4, 0.5) is 4.79 Å². The maximum atomic E-state index is 12.3. The van der Waals surface area contributed by atoms with Crippen LogP contribution in [0.1, 0.15) is 18.4 Å². The van der Waals surface area contributed by atoms with Gasteiger partial charge in [0.15, 0.2) is 17.3 Å². The molecule has 0 atom stereocenters. The Balaban J connectivity index is 1.44. The molecule has 138 valence electrons. The van der Waals surface area contributed by atoms with Crippen LogP contribution in [0.2, 0.25) is 0 Å². The molecule has 1 spiro atoms. The van der Waals surface area contributed by atoms with Gasteiger partial charge in [-0.05, 0) is 24.1 Å². The van der Waals surface area contributed by atoms with E-state index in [1.165, 1.54) is 0 Å². The first-order valence-corrected chi connectivity index (χ1v) is 8.67. The lowest BCUT2D eigenvalue weighted by molar-refractivity contribution is -0.181. The Morgan fingerprint density at radius 1 is 1.16 bits per heavy atom. The number of amides is 2. The van der Waals surface area contributed by atoms with Crippen LogP contribution < -0.4 is 14.8 Å². The number of hydrogen-bond acceptors (Lipinski definition) is 5. The Bertz CT molecular complexity index is 591. The van der Waals surface area contributed by atoms with Crippen molar-refractivity contribution in [3.63, 3.8) is 0 Å². The van der Waals surface area contributed by atoms with Crippen LogP contribution in [0.25, 0.3) is 0 Å². The number of ether oxygens (including phenoxy) is 4. The largest absolute Gasteiger partial charge is 0.493 e. The maximum absolute atomic E-state index is 12.3. The number of carbonyl (C=O) groups is 1. The molecule has 2 saturated heterocycles. The molecule has 7 heteroatoms. The molecule has 0 aromatic heterocycles. The SMILES string of the molecule is COc1ccc(CCNC(=O)N2CCC3(CC2)OCCO3)cc1OC. The van der Waals surface area contributed by atoms with Crippen molar-refractivity contribution in [1.82, 2.24) is 10.2 Å². The summed E-state index contributed by atoms with van der Waals surface area (Å²) >= 11 is 0. The summed E-state index contributed by atoms with van der Waals surface area (Å²) < 4.78 is 21.9. The molecule has 1 aromatic rings. The summed E-state index contributed by atoms with van der Waals surface area (Å²) in [7, 11) is 3.23. The number of likely N-dealkylation sites (tertiary alicyclic amines) is 1. The Labute approximate surface area is 148 Å². The van der Waals surface area contributed by atoms with E-state index in [-0.39, 0.29) is 6.03 Å². The molecule has 0 aliphatic carbocycles. The van der Waals surface area contributed by atoms with Gasteiger partial charge in [0.2, 0.25) is 0 Å². The Hall–Kier alpha value is -1.99. The standard InChI is InChI=1S/C18H26N2O5/c1-22-15-4-3-14(13-16(15)23-2)5-8-19-17(21)20-9-6-18(7-10-20)24-11-12-25-18/h3-4,13H,5-12H2,1-2H3,(H,19,21). The maximum Gasteiger partial charge on any atom is 0.317 e. The van der Waals surface area contributed by atoms with E-state index in [0.29, 0.717) is 44.3 Å². The van der Waals surface area contributed by atoms with Gasteiger partial charge in [0.1, 0.15) is 0 Å². The fraction of sp³-hybridized carbons (Fsp3) is 0.611. The summed E-state index contributed by atoms with van der Waals surface area (Å²) in [6, 6.07) is 5.76. The highest BCUT2D eigenvalue weighted by Crippen LogP contribution is 2.31. The van der Waals surface area contributed by atoms with Gasteiger partial charge in [-0.25, -0.2) is 4.79 Å². The minimum absolute atomic E-state index is 0.0340. The second-order valence-corrected chi connectivity index (χ2v) is 6.27. The van der Waals surface area contributed by atoms with Gasteiger partial charge < -0.3 is 29.2 Å². The van der Waals surface area contributed by atoms with Crippen molar-refractivity contribution in [2.45, 2.75) is 25.0 Å². The van der Waals surface area contributed by atoms with E-state index in [9.17, 15) is 4.79 Å². The highest BCUT2D eigenvalue weighted by molar-refractivity contribution is 5.74. The third-order valence-corrected chi connectivity index (χ3v) is 4.76. The van der Waals surface area contributed by atoms with Crippen molar-refractivity contribution < 1.29 is 23.7 Å². The monoisotopic (exact) mass is 350 g/mol. The number of nitrogens with zero attached hydrogens (tertiary/aromatic N) is 1. The molecule has 2 heterocycles. The summed E-state index contributed by atoms with van der Waals surface area (Å²) in [5.74, 6) is 0.953. The van der Waals surface area contributed by atoms with Crippen LogP contribution >= 0.6 is 0 Å². The number of piperidine rings is 1. The zero-order chi connectivity index (χ0) is 17.7. The van der Waals surface area contributed by atoms with Crippen LogP contribution in [-0.4, -0.2) is 63.8 Å².